The molecule has 0 radical (unpaired) electrons. The van der Waals surface area contributed by atoms with E-state index >= 15 is 0 Å². The zero-order valence-electron chi connectivity index (χ0n) is 7.67. The quantitative estimate of drug-likeness (QED) is 0.455. The third kappa shape index (κ3) is 7.34. The van der Waals surface area contributed by atoms with Crippen LogP contribution in [0.25, 0.3) is 0 Å². The maximum absolute atomic E-state index is 10.4. The van der Waals surface area contributed by atoms with E-state index < -0.39 is 6.16 Å². The van der Waals surface area contributed by atoms with Crippen molar-refractivity contribution in [1.29, 1.82) is 0 Å². The Morgan fingerprint density at radius 2 is 1.75 bits per heavy atom. The molecule has 0 amide bonds. The number of unbranched alkanes of at least 4 members (excludes halogenated alkanes) is 2. The molecule has 72 valence electrons. The number of hydrogen-bond donors (Lipinski definition) is 0. The van der Waals surface area contributed by atoms with E-state index in [1.807, 2.05) is 0 Å². The summed E-state index contributed by atoms with van der Waals surface area (Å²) in [5.41, 5.74) is 0. The minimum absolute atomic E-state index is 0.427. The number of hydrogen-bond acceptors (Lipinski definition) is 4. The molecule has 0 saturated carbocycles. The summed E-state index contributed by atoms with van der Waals surface area (Å²) in [4.78, 5) is 10.4. The summed E-state index contributed by atoms with van der Waals surface area (Å²) >= 11 is 0. The van der Waals surface area contributed by atoms with E-state index in [9.17, 15) is 4.79 Å². The van der Waals surface area contributed by atoms with Crippen molar-refractivity contribution in [2.24, 2.45) is 0 Å². The van der Waals surface area contributed by atoms with Gasteiger partial charge in [-0.15, -0.1) is 0 Å². The van der Waals surface area contributed by atoms with Gasteiger partial charge in [-0.05, 0) is 19.3 Å². The zero-order chi connectivity index (χ0) is 9.23. The van der Waals surface area contributed by atoms with Crippen molar-refractivity contribution >= 4 is 6.16 Å². The van der Waals surface area contributed by atoms with Crippen LogP contribution in [0.5, 0.6) is 0 Å². The Kier molecular flexibility index (Phi) is 7.79. The molecule has 0 aromatic heterocycles. The molecule has 0 unspecified atom stereocenters. The van der Waals surface area contributed by atoms with E-state index in [4.69, 9.17) is 4.74 Å². The lowest BCUT2D eigenvalue weighted by Gasteiger charge is -2.02. The zero-order valence-corrected chi connectivity index (χ0v) is 7.67. The lowest BCUT2D eigenvalue weighted by molar-refractivity contribution is 0.0708. The molecule has 12 heavy (non-hydrogen) atoms. The van der Waals surface area contributed by atoms with Gasteiger partial charge in [-0.25, -0.2) is 4.79 Å². The highest BCUT2D eigenvalue weighted by atomic mass is 16.7. The second kappa shape index (κ2) is 8.33. The lowest BCUT2D eigenvalue weighted by atomic mass is 10.2. The number of ether oxygens (including phenoxy) is 3. The Bertz CT molecular complexity index is 114. The van der Waals surface area contributed by atoms with Crippen LogP contribution in [0.1, 0.15) is 19.3 Å². The van der Waals surface area contributed by atoms with Gasteiger partial charge in [-0.1, -0.05) is 0 Å². The molecular formula is C8H16O4. The normalized spacial score (nSPS) is 9.50. The third-order valence-corrected chi connectivity index (χ3v) is 1.38. The average molecular weight is 176 g/mol. The predicted molar refractivity (Wildman–Crippen MR) is 44.1 cm³/mol. The highest BCUT2D eigenvalue weighted by molar-refractivity contribution is 5.59. The third-order valence-electron chi connectivity index (χ3n) is 1.38. The molecule has 0 fully saturated rings. The smallest absolute Gasteiger partial charge is 0.438 e. The van der Waals surface area contributed by atoms with E-state index in [0.717, 1.165) is 25.9 Å². The molecule has 0 spiro atoms. The summed E-state index contributed by atoms with van der Waals surface area (Å²) in [6, 6.07) is 0. The topological polar surface area (TPSA) is 44.8 Å². The number of methoxy groups -OCH3 is 2. The van der Waals surface area contributed by atoms with Crippen molar-refractivity contribution in [1.82, 2.24) is 0 Å². The Morgan fingerprint density at radius 1 is 1.08 bits per heavy atom. The fraction of sp³-hybridized carbons (Fsp3) is 0.875. The first kappa shape index (κ1) is 11.2. The molecule has 0 N–H and O–H groups in total. The summed E-state index contributed by atoms with van der Waals surface area (Å²) in [6.45, 7) is 1.19. The highest BCUT2D eigenvalue weighted by Gasteiger charge is 1.98. The van der Waals surface area contributed by atoms with Gasteiger partial charge >= 0.3 is 6.16 Å². The molecular weight excluding hydrogens is 160 g/mol. The van der Waals surface area contributed by atoms with Crippen LogP contribution in [0.2, 0.25) is 0 Å². The minimum atomic E-state index is -0.609. The summed E-state index contributed by atoms with van der Waals surface area (Å²) in [6.07, 6.45) is 2.26. The van der Waals surface area contributed by atoms with Crippen molar-refractivity contribution in [3.63, 3.8) is 0 Å². The van der Waals surface area contributed by atoms with Crippen LogP contribution < -0.4 is 0 Å². The molecule has 0 aromatic rings. The largest absolute Gasteiger partial charge is 0.507 e. The molecule has 0 aliphatic carbocycles. The second-order valence-electron chi connectivity index (χ2n) is 2.36. The van der Waals surface area contributed by atoms with Gasteiger partial charge in [0.25, 0.3) is 0 Å². The molecule has 0 aromatic carbocycles. The van der Waals surface area contributed by atoms with Crippen LogP contribution in [0.15, 0.2) is 0 Å². The maximum Gasteiger partial charge on any atom is 0.507 e. The van der Waals surface area contributed by atoms with Gasteiger partial charge in [0.2, 0.25) is 0 Å². The molecule has 0 rings (SSSR count). The van der Waals surface area contributed by atoms with Crippen LogP contribution in [0.4, 0.5) is 4.79 Å². The number of rotatable bonds is 6. The van der Waals surface area contributed by atoms with Crippen molar-refractivity contribution in [2.75, 3.05) is 27.4 Å². The fourth-order valence-electron chi connectivity index (χ4n) is 0.740. The highest BCUT2D eigenvalue weighted by Crippen LogP contribution is 1.96. The van der Waals surface area contributed by atoms with Gasteiger partial charge in [0.1, 0.15) is 0 Å². The molecule has 4 heteroatoms. The van der Waals surface area contributed by atoms with Crippen molar-refractivity contribution in [2.45, 2.75) is 19.3 Å². The van der Waals surface area contributed by atoms with Gasteiger partial charge in [0, 0.05) is 13.7 Å². The van der Waals surface area contributed by atoms with Crippen molar-refractivity contribution in [3.8, 4) is 0 Å². The first-order valence-corrected chi connectivity index (χ1v) is 4.01. The second-order valence-corrected chi connectivity index (χ2v) is 2.36. The molecule has 0 aliphatic heterocycles. The molecule has 4 nitrogen and oxygen atoms in total. The van der Waals surface area contributed by atoms with Crippen LogP contribution in [-0.2, 0) is 14.2 Å². The molecule has 0 aliphatic rings. The summed E-state index contributed by atoms with van der Waals surface area (Å²) < 4.78 is 13.8. The number of carbonyl (C=O) groups excluding carboxylic acids is 1. The van der Waals surface area contributed by atoms with Gasteiger partial charge < -0.3 is 14.2 Å². The Hall–Kier alpha value is -0.770. The first-order valence-electron chi connectivity index (χ1n) is 4.01. The Morgan fingerprint density at radius 3 is 2.33 bits per heavy atom. The van der Waals surface area contributed by atoms with Gasteiger partial charge in [0.05, 0.1) is 13.7 Å². The maximum atomic E-state index is 10.4. The minimum Gasteiger partial charge on any atom is -0.438 e. The Labute approximate surface area is 72.8 Å². The fourth-order valence-corrected chi connectivity index (χ4v) is 0.740. The van der Waals surface area contributed by atoms with Crippen LogP contribution in [0.3, 0.4) is 0 Å². The summed E-state index contributed by atoms with van der Waals surface area (Å²) in [5, 5.41) is 0. The summed E-state index contributed by atoms with van der Waals surface area (Å²) in [7, 11) is 2.97. The van der Waals surface area contributed by atoms with E-state index in [2.05, 4.69) is 9.47 Å². The Balaban J connectivity index is 2.95. The monoisotopic (exact) mass is 176 g/mol. The van der Waals surface area contributed by atoms with E-state index in [0.29, 0.717) is 6.61 Å². The lowest BCUT2D eigenvalue weighted by Crippen LogP contribution is -2.05. The van der Waals surface area contributed by atoms with E-state index in [1.165, 1.54) is 7.11 Å². The van der Waals surface area contributed by atoms with Crippen LogP contribution in [0, 0.1) is 0 Å². The first-order chi connectivity index (χ1) is 5.81. The van der Waals surface area contributed by atoms with Crippen molar-refractivity contribution < 1.29 is 19.0 Å². The van der Waals surface area contributed by atoms with Gasteiger partial charge in [-0.3, -0.25) is 0 Å². The van der Waals surface area contributed by atoms with Gasteiger partial charge in [-0.2, -0.15) is 0 Å². The van der Waals surface area contributed by atoms with E-state index in [-0.39, 0.29) is 0 Å². The molecule has 0 heterocycles. The summed E-state index contributed by atoms with van der Waals surface area (Å²) in [5.74, 6) is 0. The average Bonchev–Trinajstić information content (AvgIpc) is 2.10. The molecule has 0 saturated heterocycles. The SMILES string of the molecule is COCCCCCOC(=O)OC. The standard InChI is InChI=1S/C8H16O4/c1-10-6-4-3-5-7-12-8(9)11-2/h3-7H2,1-2H3. The van der Waals surface area contributed by atoms with Gasteiger partial charge in [0.15, 0.2) is 0 Å². The molecule has 0 bridgehead atoms. The van der Waals surface area contributed by atoms with E-state index in [1.54, 1.807) is 7.11 Å². The van der Waals surface area contributed by atoms with Crippen molar-refractivity contribution in [3.05, 3.63) is 0 Å². The predicted octanol–water partition coefficient (Wildman–Crippen LogP) is 1.59. The van der Waals surface area contributed by atoms with Crippen LogP contribution >= 0.6 is 0 Å². The van der Waals surface area contributed by atoms with Crippen LogP contribution in [-0.4, -0.2) is 33.6 Å². The molecule has 0 atom stereocenters. The number of carbonyl (C=O) groups is 1.